The van der Waals surface area contributed by atoms with Crippen LogP contribution < -0.4 is 0 Å². The molecule has 0 spiro atoms. The Balaban J connectivity index is 1.66. The van der Waals surface area contributed by atoms with Crippen molar-refractivity contribution in [2.75, 3.05) is 6.54 Å². The van der Waals surface area contributed by atoms with E-state index in [1.54, 1.807) is 0 Å². The van der Waals surface area contributed by atoms with E-state index in [4.69, 9.17) is 0 Å². The Labute approximate surface area is 132 Å². The zero-order valence-corrected chi connectivity index (χ0v) is 13.7. The van der Waals surface area contributed by atoms with Crippen molar-refractivity contribution in [3.63, 3.8) is 0 Å². The van der Waals surface area contributed by atoms with Crippen molar-refractivity contribution in [1.82, 2.24) is 15.1 Å². The highest BCUT2D eigenvalue weighted by Gasteiger charge is 2.25. The van der Waals surface area contributed by atoms with E-state index in [-0.39, 0.29) is 11.2 Å². The van der Waals surface area contributed by atoms with E-state index >= 15 is 0 Å². The van der Waals surface area contributed by atoms with Gasteiger partial charge in [-0.3, -0.25) is 4.79 Å². The molecule has 2 aromatic rings. The molecule has 0 bridgehead atoms. The summed E-state index contributed by atoms with van der Waals surface area (Å²) in [6, 6.07) is 8.36. The fourth-order valence-corrected chi connectivity index (χ4v) is 4.51. The van der Waals surface area contributed by atoms with E-state index in [1.165, 1.54) is 34.2 Å². The number of fused-ring (bicyclic) bond motifs is 1. The predicted molar refractivity (Wildman–Crippen MR) is 85.5 cm³/mol. The Morgan fingerprint density at radius 1 is 1.33 bits per heavy atom. The van der Waals surface area contributed by atoms with Gasteiger partial charge in [-0.05, 0) is 31.4 Å². The smallest absolute Gasteiger partial charge is 0.236 e. The van der Waals surface area contributed by atoms with Crippen molar-refractivity contribution in [2.24, 2.45) is 0 Å². The number of benzene rings is 1. The first kappa shape index (κ1) is 14.5. The molecule has 2 heterocycles. The van der Waals surface area contributed by atoms with Crippen LogP contribution in [0.15, 0.2) is 28.6 Å². The number of amides is 1. The molecule has 0 unspecified atom stereocenters. The van der Waals surface area contributed by atoms with Gasteiger partial charge in [0.1, 0.15) is 5.01 Å². The molecule has 0 fully saturated rings. The summed E-state index contributed by atoms with van der Waals surface area (Å²) >= 11 is 3.04. The van der Waals surface area contributed by atoms with Gasteiger partial charge in [-0.25, -0.2) is 0 Å². The second kappa shape index (κ2) is 6.15. The summed E-state index contributed by atoms with van der Waals surface area (Å²) in [5.74, 6) is 0.183. The maximum atomic E-state index is 12.6. The normalized spacial score (nSPS) is 15.6. The van der Waals surface area contributed by atoms with Crippen LogP contribution >= 0.6 is 23.1 Å². The molecular weight excluding hydrogens is 302 g/mol. The van der Waals surface area contributed by atoms with Gasteiger partial charge in [0.2, 0.25) is 5.91 Å². The standard InChI is InChI=1S/C15H17N3OS2/c1-10(20-15-17-16-11(2)21-15)14(19)18-8-7-12-5-3-4-6-13(12)9-18/h3-6,10H,7-9H2,1-2H3/t10-/m0/s1. The van der Waals surface area contributed by atoms with Crippen LogP contribution in [0.25, 0.3) is 0 Å². The van der Waals surface area contributed by atoms with Gasteiger partial charge in [-0.1, -0.05) is 47.4 Å². The highest BCUT2D eigenvalue weighted by atomic mass is 32.2. The second-order valence-corrected chi connectivity index (χ2v) is 7.90. The van der Waals surface area contributed by atoms with Gasteiger partial charge in [-0.2, -0.15) is 0 Å². The minimum Gasteiger partial charge on any atom is -0.337 e. The van der Waals surface area contributed by atoms with Gasteiger partial charge in [0, 0.05) is 13.1 Å². The van der Waals surface area contributed by atoms with Crippen molar-refractivity contribution in [2.45, 2.75) is 36.4 Å². The summed E-state index contributed by atoms with van der Waals surface area (Å²) in [5.41, 5.74) is 2.63. The fraction of sp³-hybridized carbons (Fsp3) is 0.400. The van der Waals surface area contributed by atoms with Gasteiger partial charge in [0.25, 0.3) is 0 Å². The van der Waals surface area contributed by atoms with E-state index in [0.717, 1.165) is 28.9 Å². The molecule has 110 valence electrons. The first-order chi connectivity index (χ1) is 10.1. The Morgan fingerprint density at radius 3 is 2.81 bits per heavy atom. The topological polar surface area (TPSA) is 46.1 Å². The Bertz CT molecular complexity index is 656. The van der Waals surface area contributed by atoms with E-state index in [2.05, 4.69) is 28.4 Å². The summed E-state index contributed by atoms with van der Waals surface area (Å²) in [7, 11) is 0. The lowest BCUT2D eigenvalue weighted by molar-refractivity contribution is -0.131. The third kappa shape index (κ3) is 3.27. The van der Waals surface area contributed by atoms with Crippen LogP contribution in [0.5, 0.6) is 0 Å². The molecule has 0 N–H and O–H groups in total. The molecule has 0 saturated carbocycles. The van der Waals surface area contributed by atoms with Gasteiger partial charge in [0.15, 0.2) is 4.34 Å². The number of aromatic nitrogens is 2. The number of carbonyl (C=O) groups excluding carboxylic acids is 1. The molecule has 1 aliphatic heterocycles. The summed E-state index contributed by atoms with van der Waals surface area (Å²) in [4.78, 5) is 14.5. The van der Waals surface area contributed by atoms with Gasteiger partial charge in [-0.15, -0.1) is 10.2 Å². The van der Waals surface area contributed by atoms with Gasteiger partial charge >= 0.3 is 0 Å². The lowest BCUT2D eigenvalue weighted by atomic mass is 10.00. The van der Waals surface area contributed by atoms with E-state index in [0.29, 0.717) is 0 Å². The molecule has 1 aromatic carbocycles. The minimum atomic E-state index is -0.123. The van der Waals surface area contributed by atoms with Crippen LogP contribution in [-0.4, -0.2) is 32.8 Å². The van der Waals surface area contributed by atoms with Crippen LogP contribution in [0.2, 0.25) is 0 Å². The second-order valence-electron chi connectivity index (χ2n) is 5.13. The monoisotopic (exact) mass is 319 g/mol. The van der Waals surface area contributed by atoms with Crippen LogP contribution in [0.4, 0.5) is 0 Å². The van der Waals surface area contributed by atoms with E-state index in [9.17, 15) is 4.79 Å². The summed E-state index contributed by atoms with van der Waals surface area (Å²) in [6.07, 6.45) is 0.942. The molecular formula is C15H17N3OS2. The molecule has 1 amide bonds. The Kier molecular flexibility index (Phi) is 4.26. The molecule has 0 radical (unpaired) electrons. The zero-order valence-electron chi connectivity index (χ0n) is 12.1. The van der Waals surface area contributed by atoms with E-state index < -0.39 is 0 Å². The predicted octanol–water partition coefficient (Wildman–Crippen LogP) is 2.91. The maximum absolute atomic E-state index is 12.6. The molecule has 1 aromatic heterocycles. The number of hydrogen-bond donors (Lipinski definition) is 0. The van der Waals surface area contributed by atoms with Gasteiger partial charge < -0.3 is 4.90 Å². The summed E-state index contributed by atoms with van der Waals surface area (Å²) in [6.45, 7) is 5.39. The summed E-state index contributed by atoms with van der Waals surface area (Å²) < 4.78 is 0.866. The third-order valence-corrected chi connectivity index (χ3v) is 5.59. The first-order valence-corrected chi connectivity index (χ1v) is 8.65. The largest absolute Gasteiger partial charge is 0.337 e. The van der Waals surface area contributed by atoms with Crippen molar-refractivity contribution >= 4 is 29.0 Å². The summed E-state index contributed by atoms with van der Waals surface area (Å²) in [5, 5.41) is 8.89. The fourth-order valence-electron chi connectivity index (χ4n) is 2.47. The zero-order chi connectivity index (χ0) is 14.8. The average Bonchev–Trinajstić information content (AvgIpc) is 2.91. The van der Waals surface area contributed by atoms with Crippen LogP contribution in [0.1, 0.15) is 23.1 Å². The highest BCUT2D eigenvalue weighted by molar-refractivity contribution is 8.02. The number of nitrogens with zero attached hydrogens (tertiary/aromatic N) is 3. The van der Waals surface area contributed by atoms with Crippen molar-refractivity contribution in [3.8, 4) is 0 Å². The molecule has 3 rings (SSSR count). The minimum absolute atomic E-state index is 0.123. The molecule has 1 aliphatic rings. The van der Waals surface area contributed by atoms with Crippen molar-refractivity contribution in [3.05, 3.63) is 40.4 Å². The molecule has 0 aliphatic carbocycles. The molecule has 0 saturated heterocycles. The highest BCUT2D eigenvalue weighted by Crippen LogP contribution is 2.28. The number of thioether (sulfide) groups is 1. The van der Waals surface area contributed by atoms with Crippen LogP contribution in [-0.2, 0) is 17.8 Å². The molecule has 21 heavy (non-hydrogen) atoms. The average molecular weight is 319 g/mol. The third-order valence-electron chi connectivity index (χ3n) is 3.58. The molecule has 1 atom stereocenters. The lowest BCUT2D eigenvalue weighted by Gasteiger charge is -2.30. The molecule has 6 heteroatoms. The number of rotatable bonds is 3. The Morgan fingerprint density at radius 2 is 2.10 bits per heavy atom. The van der Waals surface area contributed by atoms with Crippen molar-refractivity contribution in [1.29, 1.82) is 0 Å². The van der Waals surface area contributed by atoms with Gasteiger partial charge in [0.05, 0.1) is 5.25 Å². The van der Waals surface area contributed by atoms with E-state index in [1.807, 2.05) is 24.8 Å². The molecule has 4 nitrogen and oxygen atoms in total. The SMILES string of the molecule is Cc1nnc(S[C@@H](C)C(=O)N2CCc3ccccc3C2)s1. The Hall–Kier alpha value is -1.40. The number of aryl methyl sites for hydroxylation is 1. The maximum Gasteiger partial charge on any atom is 0.236 e. The van der Waals surface area contributed by atoms with Crippen LogP contribution in [0, 0.1) is 6.92 Å². The quantitative estimate of drug-likeness (QED) is 0.816. The number of hydrogen-bond acceptors (Lipinski definition) is 5. The van der Waals surface area contributed by atoms with Crippen molar-refractivity contribution < 1.29 is 4.79 Å². The number of carbonyl (C=O) groups is 1. The first-order valence-electron chi connectivity index (χ1n) is 6.96. The lowest BCUT2D eigenvalue weighted by Crippen LogP contribution is -2.40. The van der Waals surface area contributed by atoms with Crippen LogP contribution in [0.3, 0.4) is 0 Å².